The summed E-state index contributed by atoms with van der Waals surface area (Å²) in [5, 5.41) is 3.00. The maximum absolute atomic E-state index is 12.9. The minimum absolute atomic E-state index is 0.165. The van der Waals surface area contributed by atoms with Crippen molar-refractivity contribution in [2.45, 2.75) is 19.4 Å². The Balaban J connectivity index is 1.69. The van der Waals surface area contributed by atoms with Crippen molar-refractivity contribution in [2.24, 2.45) is 0 Å². The molecule has 0 saturated heterocycles. The van der Waals surface area contributed by atoms with Gasteiger partial charge in [0.25, 0.3) is 5.91 Å². The van der Waals surface area contributed by atoms with Gasteiger partial charge in [0.1, 0.15) is 11.5 Å². The molecule has 3 aromatic carbocycles. The highest BCUT2D eigenvalue weighted by Gasteiger charge is 2.22. The van der Waals surface area contributed by atoms with E-state index < -0.39 is 6.10 Å². The highest BCUT2D eigenvalue weighted by atomic mass is 16.5. The van der Waals surface area contributed by atoms with Crippen LogP contribution >= 0.6 is 0 Å². The first-order chi connectivity index (χ1) is 13.7. The Hall–Kier alpha value is -3.27. The molecular weight excluding hydrogens is 350 g/mol. The molecule has 0 fully saturated rings. The fourth-order valence-electron chi connectivity index (χ4n) is 3.05. The second kappa shape index (κ2) is 9.60. The van der Waals surface area contributed by atoms with Crippen LogP contribution in [0.2, 0.25) is 0 Å². The van der Waals surface area contributed by atoms with Crippen LogP contribution in [0.3, 0.4) is 0 Å². The molecule has 0 aliphatic carbocycles. The van der Waals surface area contributed by atoms with Gasteiger partial charge in [-0.2, -0.15) is 0 Å². The molecule has 0 aromatic heterocycles. The first kappa shape index (κ1) is 19.5. The number of hydrogen-bond donors (Lipinski definition) is 1. The summed E-state index contributed by atoms with van der Waals surface area (Å²) >= 11 is 0. The fourth-order valence-corrected chi connectivity index (χ4v) is 3.05. The van der Waals surface area contributed by atoms with Crippen molar-refractivity contribution < 1.29 is 14.3 Å². The zero-order valence-corrected chi connectivity index (χ0v) is 16.2. The molecule has 0 aliphatic rings. The Bertz CT molecular complexity index is 894. The van der Waals surface area contributed by atoms with E-state index >= 15 is 0 Å². The van der Waals surface area contributed by atoms with Gasteiger partial charge in [0.2, 0.25) is 6.10 Å². The Labute approximate surface area is 166 Å². The van der Waals surface area contributed by atoms with Gasteiger partial charge < -0.3 is 14.8 Å². The monoisotopic (exact) mass is 375 g/mol. The predicted octanol–water partition coefficient (Wildman–Crippen LogP) is 4.48. The van der Waals surface area contributed by atoms with Crippen molar-refractivity contribution in [3.05, 3.63) is 95.6 Å². The van der Waals surface area contributed by atoms with Gasteiger partial charge in [0.05, 0.1) is 7.11 Å². The van der Waals surface area contributed by atoms with E-state index in [1.807, 2.05) is 79.7 Å². The van der Waals surface area contributed by atoms with Gasteiger partial charge in [-0.15, -0.1) is 0 Å². The summed E-state index contributed by atoms with van der Waals surface area (Å²) in [7, 11) is 1.66. The van der Waals surface area contributed by atoms with Crippen molar-refractivity contribution in [3.63, 3.8) is 0 Å². The highest BCUT2D eigenvalue weighted by molar-refractivity contribution is 5.82. The molecule has 3 rings (SSSR count). The number of methoxy groups -OCH3 is 1. The Morgan fingerprint density at radius 1 is 0.964 bits per heavy atom. The van der Waals surface area contributed by atoms with Crippen LogP contribution < -0.4 is 14.8 Å². The molecule has 4 nitrogen and oxygen atoms in total. The van der Waals surface area contributed by atoms with E-state index in [0.29, 0.717) is 18.7 Å². The molecule has 1 unspecified atom stereocenters. The van der Waals surface area contributed by atoms with Crippen LogP contribution in [0.5, 0.6) is 11.5 Å². The lowest BCUT2D eigenvalue weighted by atomic mass is 10.1. The van der Waals surface area contributed by atoms with Crippen molar-refractivity contribution >= 4 is 5.91 Å². The van der Waals surface area contributed by atoms with Crippen LogP contribution in [-0.2, 0) is 11.2 Å². The third-order valence-corrected chi connectivity index (χ3v) is 4.47. The lowest BCUT2D eigenvalue weighted by Crippen LogP contribution is -2.33. The number of amides is 1. The largest absolute Gasteiger partial charge is 0.496 e. The van der Waals surface area contributed by atoms with E-state index in [2.05, 4.69) is 11.4 Å². The standard InChI is InChI=1S/C24H25NO3/c1-18-13-14-22(27-2)20(17-18)15-16-25-24(26)23(19-9-5-3-6-10-19)28-21-11-7-4-8-12-21/h3-14,17,23H,15-16H2,1-2H3,(H,25,26). The van der Waals surface area contributed by atoms with Gasteiger partial charge in [0, 0.05) is 12.1 Å². The van der Waals surface area contributed by atoms with Crippen LogP contribution in [0.1, 0.15) is 22.8 Å². The smallest absolute Gasteiger partial charge is 0.265 e. The van der Waals surface area contributed by atoms with Crippen molar-refractivity contribution in [3.8, 4) is 11.5 Å². The minimum atomic E-state index is -0.706. The van der Waals surface area contributed by atoms with Gasteiger partial charge >= 0.3 is 0 Å². The number of benzene rings is 3. The van der Waals surface area contributed by atoms with Crippen molar-refractivity contribution in [2.75, 3.05) is 13.7 Å². The molecule has 1 N–H and O–H groups in total. The van der Waals surface area contributed by atoms with Crippen LogP contribution in [0, 0.1) is 6.92 Å². The zero-order valence-electron chi connectivity index (χ0n) is 16.2. The molecule has 0 spiro atoms. The summed E-state index contributed by atoms with van der Waals surface area (Å²) in [5.41, 5.74) is 3.05. The number of carbonyl (C=O) groups excluding carboxylic acids is 1. The SMILES string of the molecule is COc1ccc(C)cc1CCNC(=O)C(Oc1ccccc1)c1ccccc1. The van der Waals surface area contributed by atoms with Gasteiger partial charge in [-0.3, -0.25) is 4.79 Å². The molecule has 0 bridgehead atoms. The first-order valence-electron chi connectivity index (χ1n) is 9.35. The number of para-hydroxylation sites is 1. The summed E-state index contributed by atoms with van der Waals surface area (Å²) in [4.78, 5) is 12.9. The molecule has 4 heteroatoms. The lowest BCUT2D eigenvalue weighted by Gasteiger charge is -2.19. The van der Waals surface area contributed by atoms with E-state index in [1.54, 1.807) is 7.11 Å². The number of carbonyl (C=O) groups is 1. The van der Waals surface area contributed by atoms with E-state index in [1.165, 1.54) is 0 Å². The molecule has 28 heavy (non-hydrogen) atoms. The number of ether oxygens (including phenoxy) is 2. The first-order valence-corrected chi connectivity index (χ1v) is 9.35. The molecule has 0 saturated carbocycles. The second-order valence-corrected chi connectivity index (χ2v) is 6.58. The molecule has 3 aromatic rings. The van der Waals surface area contributed by atoms with Crippen molar-refractivity contribution in [1.29, 1.82) is 0 Å². The third kappa shape index (κ3) is 5.13. The molecule has 144 valence electrons. The van der Waals surface area contributed by atoms with Gasteiger partial charge in [-0.1, -0.05) is 66.2 Å². The van der Waals surface area contributed by atoms with Crippen molar-refractivity contribution in [1.82, 2.24) is 5.32 Å². The Morgan fingerprint density at radius 2 is 1.64 bits per heavy atom. The van der Waals surface area contributed by atoms with Crippen LogP contribution in [0.4, 0.5) is 0 Å². The van der Waals surface area contributed by atoms with Crippen LogP contribution in [0.25, 0.3) is 0 Å². The number of rotatable bonds is 8. The molecular formula is C24H25NO3. The van der Waals surface area contributed by atoms with Crippen LogP contribution in [-0.4, -0.2) is 19.6 Å². The van der Waals surface area contributed by atoms with E-state index in [-0.39, 0.29) is 5.91 Å². The molecule has 0 radical (unpaired) electrons. The molecule has 0 heterocycles. The minimum Gasteiger partial charge on any atom is -0.496 e. The number of nitrogens with one attached hydrogen (secondary N) is 1. The molecule has 0 aliphatic heterocycles. The average molecular weight is 375 g/mol. The summed E-state index contributed by atoms with van der Waals surface area (Å²) in [5.74, 6) is 1.33. The van der Waals surface area contributed by atoms with E-state index in [0.717, 1.165) is 22.4 Å². The maximum Gasteiger partial charge on any atom is 0.265 e. The lowest BCUT2D eigenvalue weighted by molar-refractivity contribution is -0.128. The molecule has 1 amide bonds. The highest BCUT2D eigenvalue weighted by Crippen LogP contribution is 2.23. The maximum atomic E-state index is 12.9. The zero-order chi connectivity index (χ0) is 19.8. The Kier molecular flexibility index (Phi) is 6.68. The van der Waals surface area contributed by atoms with Gasteiger partial charge in [-0.25, -0.2) is 0 Å². The Morgan fingerprint density at radius 3 is 2.32 bits per heavy atom. The average Bonchev–Trinajstić information content (AvgIpc) is 2.73. The summed E-state index contributed by atoms with van der Waals surface area (Å²) in [6, 6.07) is 25.0. The quantitative estimate of drug-likeness (QED) is 0.631. The predicted molar refractivity (Wildman–Crippen MR) is 111 cm³/mol. The number of hydrogen-bond acceptors (Lipinski definition) is 3. The topological polar surface area (TPSA) is 47.6 Å². The van der Waals surface area contributed by atoms with E-state index in [4.69, 9.17) is 9.47 Å². The molecule has 1 atom stereocenters. The second-order valence-electron chi connectivity index (χ2n) is 6.58. The van der Waals surface area contributed by atoms with E-state index in [9.17, 15) is 4.79 Å². The third-order valence-electron chi connectivity index (χ3n) is 4.47. The summed E-state index contributed by atoms with van der Waals surface area (Å²) in [6.07, 6.45) is -0.0216. The summed E-state index contributed by atoms with van der Waals surface area (Å²) in [6.45, 7) is 2.54. The summed E-state index contributed by atoms with van der Waals surface area (Å²) < 4.78 is 11.4. The van der Waals surface area contributed by atoms with Gasteiger partial charge in [-0.05, 0) is 37.1 Å². The van der Waals surface area contributed by atoms with Gasteiger partial charge in [0.15, 0.2) is 0 Å². The normalized spacial score (nSPS) is 11.5. The van der Waals surface area contributed by atoms with Crippen LogP contribution in [0.15, 0.2) is 78.9 Å². The number of aryl methyl sites for hydroxylation is 1. The fraction of sp³-hybridized carbons (Fsp3) is 0.208.